The summed E-state index contributed by atoms with van der Waals surface area (Å²) in [4.78, 5) is 0. The number of hydrogen-bond donors (Lipinski definition) is 1. The van der Waals surface area contributed by atoms with E-state index in [1.165, 1.54) is 11.1 Å². The van der Waals surface area contributed by atoms with Gasteiger partial charge in [0.25, 0.3) is 0 Å². The van der Waals surface area contributed by atoms with Crippen molar-refractivity contribution in [1.29, 1.82) is 0 Å². The quantitative estimate of drug-likeness (QED) is 0.814. The van der Waals surface area contributed by atoms with Gasteiger partial charge in [-0.1, -0.05) is 73.5 Å². The Morgan fingerprint density at radius 3 is 1.80 bits per heavy atom. The smallest absolute Gasteiger partial charge is 0.117 e. The maximum absolute atomic E-state index is 9.83. The summed E-state index contributed by atoms with van der Waals surface area (Å²) in [5.41, 5.74) is 2.52. The first kappa shape index (κ1) is 14.4. The van der Waals surface area contributed by atoms with E-state index in [-0.39, 0.29) is 11.8 Å². The molecule has 1 heteroatoms. The molecule has 0 aliphatic rings. The van der Waals surface area contributed by atoms with Gasteiger partial charge in [-0.2, -0.15) is 0 Å². The third kappa shape index (κ3) is 3.50. The van der Waals surface area contributed by atoms with Crippen LogP contribution in [0.4, 0.5) is 0 Å². The highest BCUT2D eigenvalue weighted by Gasteiger charge is 2.20. The van der Waals surface area contributed by atoms with Crippen molar-refractivity contribution < 1.29 is 5.11 Å². The summed E-state index contributed by atoms with van der Waals surface area (Å²) in [5.74, 6) is 2.75. The van der Waals surface area contributed by atoms with E-state index in [2.05, 4.69) is 30.2 Å². The molecule has 1 nitrogen and oxygen atoms in total. The van der Waals surface area contributed by atoms with Gasteiger partial charge in [-0.25, -0.2) is 0 Å². The highest BCUT2D eigenvalue weighted by atomic mass is 16.3. The minimum Gasteiger partial charge on any atom is -0.380 e. The minimum atomic E-state index is -0.690. The lowest BCUT2D eigenvalue weighted by Crippen LogP contribution is -2.18. The molecule has 20 heavy (non-hydrogen) atoms. The van der Waals surface area contributed by atoms with E-state index in [1.807, 2.05) is 43.3 Å². The van der Waals surface area contributed by atoms with E-state index in [1.54, 1.807) is 0 Å². The summed E-state index contributed by atoms with van der Waals surface area (Å²) in [6, 6.07) is 20.8. The van der Waals surface area contributed by atoms with Crippen molar-refractivity contribution in [3.63, 3.8) is 0 Å². The molecule has 0 aliphatic carbocycles. The number of hydrogen-bond acceptors (Lipinski definition) is 1. The highest BCUT2D eigenvalue weighted by Crippen LogP contribution is 2.31. The minimum absolute atomic E-state index is 0.0606. The monoisotopic (exact) mass is 264 g/mol. The molecule has 0 bridgehead atoms. The molecule has 2 atom stereocenters. The Morgan fingerprint density at radius 1 is 0.950 bits per heavy atom. The number of benzene rings is 2. The third-order valence-corrected chi connectivity index (χ3v) is 3.72. The normalized spacial score (nSPS) is 13.7. The molecule has 2 rings (SSSR count). The molecular weight excluding hydrogens is 244 g/mol. The fourth-order valence-corrected chi connectivity index (χ4v) is 2.50. The van der Waals surface area contributed by atoms with Crippen LogP contribution < -0.4 is 0 Å². The van der Waals surface area contributed by atoms with Gasteiger partial charge in [0.05, 0.1) is 0 Å². The maximum Gasteiger partial charge on any atom is 0.117 e. The Morgan fingerprint density at radius 2 is 1.40 bits per heavy atom. The molecule has 0 spiro atoms. The second kappa shape index (κ2) is 6.93. The van der Waals surface area contributed by atoms with E-state index >= 15 is 0 Å². The predicted molar refractivity (Wildman–Crippen MR) is 83.3 cm³/mol. The van der Waals surface area contributed by atoms with Gasteiger partial charge in [0.2, 0.25) is 0 Å². The summed E-state index contributed by atoms with van der Waals surface area (Å²) in [7, 11) is 0. The standard InChI is InChI=1S/C19H20O/c1-3-19(20)15(2)14-18(16-10-6-4-7-11-16)17-12-8-5-9-13-17/h1,4-13,15,18-20H,14H2,2H3. The molecule has 2 unspecified atom stereocenters. The van der Waals surface area contributed by atoms with Gasteiger partial charge in [-0.3, -0.25) is 0 Å². The van der Waals surface area contributed by atoms with E-state index in [0.29, 0.717) is 0 Å². The maximum atomic E-state index is 9.83. The molecule has 0 amide bonds. The van der Waals surface area contributed by atoms with Crippen LogP contribution in [0.15, 0.2) is 60.7 Å². The van der Waals surface area contributed by atoms with Crippen LogP contribution in [0.25, 0.3) is 0 Å². The molecule has 0 aliphatic heterocycles. The van der Waals surface area contributed by atoms with Crippen LogP contribution in [-0.2, 0) is 0 Å². The Kier molecular flexibility index (Phi) is 4.98. The van der Waals surface area contributed by atoms with Crippen molar-refractivity contribution in [3.05, 3.63) is 71.8 Å². The predicted octanol–water partition coefficient (Wildman–Crippen LogP) is 3.84. The third-order valence-electron chi connectivity index (χ3n) is 3.72. The van der Waals surface area contributed by atoms with Gasteiger partial charge in [0.15, 0.2) is 0 Å². The summed E-state index contributed by atoms with van der Waals surface area (Å²) >= 11 is 0. The van der Waals surface area contributed by atoms with Crippen molar-refractivity contribution in [2.75, 3.05) is 0 Å². The van der Waals surface area contributed by atoms with Crippen LogP contribution in [0.3, 0.4) is 0 Å². The summed E-state index contributed by atoms with van der Waals surface area (Å²) in [6.07, 6.45) is 5.47. The number of terminal acetylenes is 1. The van der Waals surface area contributed by atoms with Gasteiger partial charge in [0.1, 0.15) is 6.10 Å². The molecule has 0 heterocycles. The molecule has 0 saturated carbocycles. The van der Waals surface area contributed by atoms with Gasteiger partial charge >= 0.3 is 0 Å². The number of rotatable bonds is 5. The first-order valence-electron chi connectivity index (χ1n) is 6.96. The second-order valence-electron chi connectivity index (χ2n) is 5.20. The summed E-state index contributed by atoms with van der Waals surface area (Å²) < 4.78 is 0. The van der Waals surface area contributed by atoms with Crippen LogP contribution in [0.2, 0.25) is 0 Å². The van der Waals surface area contributed by atoms with Crippen molar-refractivity contribution in [2.24, 2.45) is 5.92 Å². The number of aliphatic hydroxyl groups excluding tert-OH is 1. The summed E-state index contributed by atoms with van der Waals surface area (Å²) in [5, 5.41) is 9.83. The lowest BCUT2D eigenvalue weighted by Gasteiger charge is -2.23. The molecule has 0 fully saturated rings. The lowest BCUT2D eigenvalue weighted by atomic mass is 9.82. The van der Waals surface area contributed by atoms with E-state index in [9.17, 15) is 5.11 Å². The van der Waals surface area contributed by atoms with Gasteiger partial charge < -0.3 is 5.11 Å². The van der Waals surface area contributed by atoms with E-state index in [0.717, 1.165) is 6.42 Å². The van der Waals surface area contributed by atoms with Gasteiger partial charge in [0, 0.05) is 5.92 Å². The first-order chi connectivity index (χ1) is 9.72. The Hall–Kier alpha value is -2.04. The molecule has 0 aromatic heterocycles. The Bertz CT molecular complexity index is 514. The van der Waals surface area contributed by atoms with Crippen LogP contribution in [0.5, 0.6) is 0 Å². The zero-order chi connectivity index (χ0) is 14.4. The second-order valence-corrected chi connectivity index (χ2v) is 5.20. The van der Waals surface area contributed by atoms with E-state index < -0.39 is 6.10 Å². The van der Waals surface area contributed by atoms with Crippen molar-refractivity contribution in [3.8, 4) is 12.3 Å². The molecule has 0 saturated heterocycles. The summed E-state index contributed by atoms with van der Waals surface area (Å²) in [6.45, 7) is 2.00. The Labute approximate surface area is 121 Å². The fraction of sp³-hybridized carbons (Fsp3) is 0.263. The molecular formula is C19H20O. The fourth-order valence-electron chi connectivity index (χ4n) is 2.50. The average molecular weight is 264 g/mol. The van der Waals surface area contributed by atoms with Crippen LogP contribution >= 0.6 is 0 Å². The molecule has 0 radical (unpaired) electrons. The zero-order valence-electron chi connectivity index (χ0n) is 11.7. The van der Waals surface area contributed by atoms with Crippen molar-refractivity contribution >= 4 is 0 Å². The van der Waals surface area contributed by atoms with Gasteiger partial charge in [-0.15, -0.1) is 6.42 Å². The van der Waals surface area contributed by atoms with Crippen molar-refractivity contribution in [1.82, 2.24) is 0 Å². The average Bonchev–Trinajstić information content (AvgIpc) is 2.53. The SMILES string of the molecule is C#CC(O)C(C)CC(c1ccccc1)c1ccccc1. The molecule has 102 valence electrons. The van der Waals surface area contributed by atoms with Crippen LogP contribution in [0.1, 0.15) is 30.4 Å². The Balaban J connectivity index is 2.29. The van der Waals surface area contributed by atoms with Crippen molar-refractivity contribution in [2.45, 2.75) is 25.4 Å². The largest absolute Gasteiger partial charge is 0.380 e. The highest BCUT2D eigenvalue weighted by molar-refractivity contribution is 5.32. The molecule has 2 aromatic carbocycles. The topological polar surface area (TPSA) is 20.2 Å². The van der Waals surface area contributed by atoms with Gasteiger partial charge in [-0.05, 0) is 23.5 Å². The van der Waals surface area contributed by atoms with E-state index in [4.69, 9.17) is 6.42 Å². The van der Waals surface area contributed by atoms with Crippen LogP contribution in [-0.4, -0.2) is 11.2 Å². The first-order valence-corrected chi connectivity index (χ1v) is 6.96. The number of aliphatic hydroxyl groups is 1. The molecule has 1 N–H and O–H groups in total. The lowest BCUT2D eigenvalue weighted by molar-refractivity contribution is 0.163. The zero-order valence-corrected chi connectivity index (χ0v) is 11.7. The van der Waals surface area contributed by atoms with Crippen LogP contribution in [0, 0.1) is 18.3 Å². The molecule has 2 aromatic rings.